The summed E-state index contributed by atoms with van der Waals surface area (Å²) in [4.78, 5) is 22.7. The molecule has 17 heavy (non-hydrogen) atoms. The SMILES string of the molecule is COC(=O)CNC(=O)C1COc2ccccc21. The normalized spacial score (nSPS) is 16.9. The zero-order valence-electron chi connectivity index (χ0n) is 9.43. The number of ether oxygens (including phenoxy) is 2. The number of nitrogens with one attached hydrogen (secondary N) is 1. The van der Waals surface area contributed by atoms with Gasteiger partial charge >= 0.3 is 5.97 Å². The molecule has 90 valence electrons. The fourth-order valence-corrected chi connectivity index (χ4v) is 1.73. The van der Waals surface area contributed by atoms with Gasteiger partial charge < -0.3 is 14.8 Å². The van der Waals surface area contributed by atoms with Gasteiger partial charge in [0.05, 0.1) is 7.11 Å². The molecule has 0 saturated heterocycles. The molecule has 0 radical (unpaired) electrons. The first-order valence-corrected chi connectivity index (χ1v) is 5.28. The van der Waals surface area contributed by atoms with Gasteiger partial charge in [-0.15, -0.1) is 0 Å². The van der Waals surface area contributed by atoms with E-state index in [9.17, 15) is 9.59 Å². The van der Waals surface area contributed by atoms with Gasteiger partial charge in [-0.2, -0.15) is 0 Å². The summed E-state index contributed by atoms with van der Waals surface area (Å²) in [5.41, 5.74) is 0.856. The zero-order chi connectivity index (χ0) is 12.3. The lowest BCUT2D eigenvalue weighted by Crippen LogP contribution is -2.34. The summed E-state index contributed by atoms with van der Waals surface area (Å²) < 4.78 is 9.84. The molecule has 1 unspecified atom stereocenters. The first-order valence-electron chi connectivity index (χ1n) is 5.28. The summed E-state index contributed by atoms with van der Waals surface area (Å²) in [5, 5.41) is 2.52. The Morgan fingerprint density at radius 2 is 2.24 bits per heavy atom. The maximum Gasteiger partial charge on any atom is 0.325 e. The third-order valence-electron chi connectivity index (χ3n) is 2.65. The quantitative estimate of drug-likeness (QED) is 0.773. The minimum atomic E-state index is -0.467. The number of hydrogen-bond acceptors (Lipinski definition) is 4. The highest BCUT2D eigenvalue weighted by Gasteiger charge is 2.29. The van der Waals surface area contributed by atoms with Crippen molar-refractivity contribution in [2.24, 2.45) is 0 Å². The van der Waals surface area contributed by atoms with Crippen molar-refractivity contribution in [2.45, 2.75) is 5.92 Å². The molecule has 0 bridgehead atoms. The average molecular weight is 235 g/mol. The van der Waals surface area contributed by atoms with E-state index in [4.69, 9.17) is 4.74 Å². The molecule has 1 aliphatic heterocycles. The number of carbonyl (C=O) groups excluding carboxylic acids is 2. The second-order valence-electron chi connectivity index (χ2n) is 3.70. The van der Waals surface area contributed by atoms with E-state index in [-0.39, 0.29) is 18.4 Å². The van der Waals surface area contributed by atoms with Gasteiger partial charge in [-0.25, -0.2) is 0 Å². The number of rotatable bonds is 3. The maximum absolute atomic E-state index is 11.8. The number of fused-ring (bicyclic) bond motifs is 1. The number of benzene rings is 1. The largest absolute Gasteiger partial charge is 0.492 e. The van der Waals surface area contributed by atoms with Crippen molar-refractivity contribution in [1.29, 1.82) is 0 Å². The van der Waals surface area contributed by atoms with E-state index in [0.29, 0.717) is 6.61 Å². The van der Waals surface area contributed by atoms with Crippen molar-refractivity contribution in [2.75, 3.05) is 20.3 Å². The van der Waals surface area contributed by atoms with E-state index in [1.807, 2.05) is 24.3 Å². The van der Waals surface area contributed by atoms with Crippen LogP contribution in [0.1, 0.15) is 11.5 Å². The molecule has 1 aromatic carbocycles. The number of esters is 1. The molecule has 0 spiro atoms. The minimum absolute atomic E-state index is 0.117. The Balaban J connectivity index is 2.00. The molecule has 1 N–H and O–H groups in total. The number of hydrogen-bond donors (Lipinski definition) is 1. The number of carbonyl (C=O) groups is 2. The van der Waals surface area contributed by atoms with Gasteiger partial charge in [-0.1, -0.05) is 18.2 Å². The van der Waals surface area contributed by atoms with Crippen LogP contribution in [0.25, 0.3) is 0 Å². The van der Waals surface area contributed by atoms with Gasteiger partial charge in [-0.3, -0.25) is 9.59 Å². The van der Waals surface area contributed by atoms with Gasteiger partial charge in [-0.05, 0) is 6.07 Å². The molecule has 2 rings (SSSR count). The van der Waals surface area contributed by atoms with Crippen LogP contribution in [0, 0.1) is 0 Å². The number of methoxy groups -OCH3 is 1. The van der Waals surface area contributed by atoms with Crippen LogP contribution in [0.5, 0.6) is 5.75 Å². The lowest BCUT2D eigenvalue weighted by atomic mass is 10.0. The molecule has 0 aromatic heterocycles. The lowest BCUT2D eigenvalue weighted by molar-refractivity contribution is -0.141. The molecule has 1 heterocycles. The Morgan fingerprint density at radius 3 is 3.00 bits per heavy atom. The second-order valence-corrected chi connectivity index (χ2v) is 3.70. The van der Waals surface area contributed by atoms with E-state index in [1.165, 1.54) is 7.11 Å². The van der Waals surface area contributed by atoms with E-state index in [2.05, 4.69) is 10.1 Å². The molecular weight excluding hydrogens is 222 g/mol. The van der Waals surface area contributed by atoms with Crippen molar-refractivity contribution < 1.29 is 19.1 Å². The lowest BCUT2D eigenvalue weighted by Gasteiger charge is -2.08. The minimum Gasteiger partial charge on any atom is -0.492 e. The summed E-state index contributed by atoms with van der Waals surface area (Å²) >= 11 is 0. The highest BCUT2D eigenvalue weighted by molar-refractivity contribution is 5.88. The van der Waals surface area contributed by atoms with Crippen molar-refractivity contribution in [1.82, 2.24) is 5.32 Å². The van der Waals surface area contributed by atoms with Crippen molar-refractivity contribution in [3.05, 3.63) is 29.8 Å². The Labute approximate surface area is 98.7 Å². The second kappa shape index (κ2) is 4.86. The molecule has 1 amide bonds. The smallest absolute Gasteiger partial charge is 0.325 e. The van der Waals surface area contributed by atoms with Gasteiger partial charge in [0.25, 0.3) is 0 Å². The molecule has 0 fully saturated rings. The summed E-state index contributed by atoms with van der Waals surface area (Å²) in [6.45, 7) is 0.195. The van der Waals surface area contributed by atoms with Gasteiger partial charge in [0.1, 0.15) is 24.8 Å². The fourth-order valence-electron chi connectivity index (χ4n) is 1.73. The van der Waals surface area contributed by atoms with Gasteiger partial charge in [0.2, 0.25) is 5.91 Å². The first-order chi connectivity index (χ1) is 8.22. The monoisotopic (exact) mass is 235 g/mol. The molecule has 1 aliphatic rings. The highest BCUT2D eigenvalue weighted by Crippen LogP contribution is 2.33. The first kappa shape index (κ1) is 11.4. The summed E-state index contributed by atoms with van der Waals surface area (Å²) in [6.07, 6.45) is 0. The Kier molecular flexibility index (Phi) is 3.27. The van der Waals surface area contributed by atoms with Crippen LogP contribution in [-0.4, -0.2) is 32.1 Å². The van der Waals surface area contributed by atoms with Gasteiger partial charge in [0, 0.05) is 5.56 Å². The Hall–Kier alpha value is -2.04. The number of amides is 1. The number of para-hydroxylation sites is 1. The van der Waals surface area contributed by atoms with Crippen LogP contribution in [0.4, 0.5) is 0 Å². The predicted molar refractivity (Wildman–Crippen MR) is 59.7 cm³/mol. The van der Waals surface area contributed by atoms with Crippen LogP contribution in [0.2, 0.25) is 0 Å². The highest BCUT2D eigenvalue weighted by atomic mass is 16.5. The van der Waals surface area contributed by atoms with Crippen molar-refractivity contribution >= 4 is 11.9 Å². The van der Waals surface area contributed by atoms with Crippen molar-refractivity contribution in [3.8, 4) is 5.75 Å². The Morgan fingerprint density at radius 1 is 1.47 bits per heavy atom. The van der Waals surface area contributed by atoms with E-state index < -0.39 is 5.97 Å². The van der Waals surface area contributed by atoms with Crippen LogP contribution in [-0.2, 0) is 14.3 Å². The van der Waals surface area contributed by atoms with E-state index >= 15 is 0 Å². The topological polar surface area (TPSA) is 64.6 Å². The maximum atomic E-state index is 11.8. The summed E-state index contributed by atoms with van der Waals surface area (Å²) in [6, 6.07) is 7.38. The predicted octanol–water partition coefficient (Wildman–Crippen LogP) is 0.452. The Bertz CT molecular complexity index is 444. The average Bonchev–Trinajstić information content (AvgIpc) is 2.79. The fraction of sp³-hybridized carbons (Fsp3) is 0.333. The third-order valence-corrected chi connectivity index (χ3v) is 2.65. The van der Waals surface area contributed by atoms with Gasteiger partial charge in [0.15, 0.2) is 0 Å². The zero-order valence-corrected chi connectivity index (χ0v) is 9.43. The molecule has 1 aromatic rings. The summed E-state index contributed by atoms with van der Waals surface area (Å²) in [5.74, 6) is -0.313. The molecule has 0 aliphatic carbocycles. The van der Waals surface area contributed by atoms with E-state index in [0.717, 1.165) is 11.3 Å². The van der Waals surface area contributed by atoms with Crippen molar-refractivity contribution in [3.63, 3.8) is 0 Å². The molecular formula is C12H13NO4. The van der Waals surface area contributed by atoms with Crippen LogP contribution in [0.15, 0.2) is 24.3 Å². The van der Waals surface area contributed by atoms with Crippen LogP contribution in [0.3, 0.4) is 0 Å². The third kappa shape index (κ3) is 2.38. The molecule has 1 atom stereocenters. The molecule has 5 heteroatoms. The van der Waals surface area contributed by atoms with E-state index in [1.54, 1.807) is 0 Å². The standard InChI is InChI=1S/C12H13NO4/c1-16-11(14)6-13-12(15)9-7-17-10-5-3-2-4-8(9)10/h2-5,9H,6-7H2,1H3,(H,13,15). The van der Waals surface area contributed by atoms with Crippen LogP contribution >= 0.6 is 0 Å². The molecule has 0 saturated carbocycles. The summed E-state index contributed by atoms with van der Waals surface area (Å²) in [7, 11) is 1.28. The van der Waals surface area contributed by atoms with Crippen LogP contribution < -0.4 is 10.1 Å². The molecule has 5 nitrogen and oxygen atoms in total.